The van der Waals surface area contributed by atoms with Gasteiger partial charge >= 0.3 is 0 Å². The topological polar surface area (TPSA) is 54.0 Å². The Hall–Kier alpha value is -1.72. The van der Waals surface area contributed by atoms with Gasteiger partial charge in [-0.15, -0.1) is 11.3 Å². The van der Waals surface area contributed by atoms with Gasteiger partial charge in [0.05, 0.1) is 11.7 Å². The largest absolute Gasteiger partial charge is 0.309 e. The summed E-state index contributed by atoms with van der Waals surface area (Å²) >= 11 is 1.48. The zero-order valence-corrected chi connectivity index (χ0v) is 12.9. The fourth-order valence-corrected chi connectivity index (χ4v) is 3.26. The van der Waals surface area contributed by atoms with E-state index in [4.69, 9.17) is 0 Å². The van der Waals surface area contributed by atoms with Crippen molar-refractivity contribution in [2.24, 2.45) is 0 Å². The number of nitrogens with one attached hydrogen (secondary N) is 2. The molecule has 1 aromatic carbocycles. The summed E-state index contributed by atoms with van der Waals surface area (Å²) in [4.78, 5) is 16.7. The lowest BCUT2D eigenvalue weighted by atomic mass is 10.1. The van der Waals surface area contributed by atoms with Gasteiger partial charge in [-0.05, 0) is 43.5 Å². The van der Waals surface area contributed by atoms with Crippen LogP contribution in [0.2, 0.25) is 0 Å². The zero-order valence-electron chi connectivity index (χ0n) is 12.1. The third kappa shape index (κ3) is 3.31. The maximum atomic E-state index is 12.2. The van der Waals surface area contributed by atoms with Crippen molar-refractivity contribution >= 4 is 22.4 Å². The van der Waals surface area contributed by atoms with E-state index in [2.05, 4.69) is 22.5 Å². The van der Waals surface area contributed by atoms with E-state index >= 15 is 0 Å². The average Bonchev–Trinajstić information content (AvgIpc) is 3.18. The number of hydrogen-bond acceptors (Lipinski definition) is 4. The van der Waals surface area contributed by atoms with E-state index in [0.29, 0.717) is 16.7 Å². The molecular weight excluding hydrogens is 282 g/mol. The molecule has 5 heteroatoms. The van der Waals surface area contributed by atoms with Gasteiger partial charge in [0.2, 0.25) is 0 Å². The van der Waals surface area contributed by atoms with Gasteiger partial charge in [0.25, 0.3) is 5.91 Å². The van der Waals surface area contributed by atoms with Gasteiger partial charge in [-0.25, -0.2) is 4.98 Å². The van der Waals surface area contributed by atoms with Crippen LogP contribution >= 0.6 is 11.3 Å². The summed E-state index contributed by atoms with van der Waals surface area (Å²) in [6.07, 6.45) is 3.29. The number of benzene rings is 1. The van der Waals surface area contributed by atoms with Crippen LogP contribution in [0.5, 0.6) is 0 Å². The van der Waals surface area contributed by atoms with E-state index in [1.807, 2.05) is 29.6 Å². The van der Waals surface area contributed by atoms with Crippen molar-refractivity contribution in [2.45, 2.75) is 32.2 Å². The van der Waals surface area contributed by atoms with Crippen LogP contribution in [0.25, 0.3) is 0 Å². The van der Waals surface area contributed by atoms with E-state index in [1.165, 1.54) is 23.3 Å². The molecule has 21 heavy (non-hydrogen) atoms. The second-order valence-electron chi connectivity index (χ2n) is 5.23. The van der Waals surface area contributed by atoms with Gasteiger partial charge in [0.1, 0.15) is 0 Å². The number of rotatable bonds is 4. The standard InChI is InChI=1S/C16H19N3OS/c1-2-11-5-7-12(8-6-11)15(20)19-16-18-14(10-21-16)13-4-3-9-17-13/h5-8,10,13,17H,2-4,9H2,1H3,(H,18,19,20). The van der Waals surface area contributed by atoms with E-state index in [9.17, 15) is 4.79 Å². The first-order valence-corrected chi connectivity index (χ1v) is 8.23. The fraction of sp³-hybridized carbons (Fsp3) is 0.375. The molecule has 1 atom stereocenters. The van der Waals surface area contributed by atoms with E-state index in [-0.39, 0.29) is 5.91 Å². The van der Waals surface area contributed by atoms with E-state index in [0.717, 1.165) is 25.1 Å². The van der Waals surface area contributed by atoms with E-state index in [1.54, 1.807) is 0 Å². The minimum atomic E-state index is -0.0991. The number of carbonyl (C=O) groups is 1. The van der Waals surface area contributed by atoms with Gasteiger partial charge < -0.3 is 5.32 Å². The van der Waals surface area contributed by atoms with Crippen LogP contribution in [0.1, 0.15) is 47.4 Å². The molecule has 1 saturated heterocycles. The number of nitrogens with zero attached hydrogens (tertiary/aromatic N) is 1. The highest BCUT2D eigenvalue weighted by molar-refractivity contribution is 7.14. The summed E-state index contributed by atoms with van der Waals surface area (Å²) in [5.41, 5.74) is 2.94. The summed E-state index contributed by atoms with van der Waals surface area (Å²) in [5, 5.41) is 8.99. The number of thiazole rings is 1. The maximum absolute atomic E-state index is 12.2. The molecular formula is C16H19N3OS. The molecule has 1 aliphatic rings. The molecule has 2 N–H and O–H groups in total. The van der Waals surface area contributed by atoms with Crippen molar-refractivity contribution in [3.05, 3.63) is 46.5 Å². The van der Waals surface area contributed by atoms with Crippen molar-refractivity contribution < 1.29 is 4.79 Å². The lowest BCUT2D eigenvalue weighted by molar-refractivity contribution is 0.102. The van der Waals surface area contributed by atoms with Crippen LogP contribution in [-0.4, -0.2) is 17.4 Å². The van der Waals surface area contributed by atoms with Crippen molar-refractivity contribution in [3.8, 4) is 0 Å². The predicted octanol–water partition coefficient (Wildman–Crippen LogP) is 3.38. The van der Waals surface area contributed by atoms with Crippen molar-refractivity contribution in [1.29, 1.82) is 0 Å². The molecule has 2 heterocycles. The lowest BCUT2D eigenvalue weighted by Gasteiger charge is -2.05. The van der Waals surface area contributed by atoms with Gasteiger partial charge in [-0.3, -0.25) is 10.1 Å². The molecule has 3 rings (SSSR count). The number of anilines is 1. The zero-order chi connectivity index (χ0) is 14.7. The molecule has 0 spiro atoms. The Labute approximate surface area is 128 Å². The van der Waals surface area contributed by atoms with Crippen molar-refractivity contribution in [1.82, 2.24) is 10.3 Å². The molecule has 1 aromatic heterocycles. The molecule has 1 aliphatic heterocycles. The molecule has 1 unspecified atom stereocenters. The molecule has 0 bridgehead atoms. The molecule has 2 aromatic rings. The molecule has 1 fully saturated rings. The molecule has 0 aliphatic carbocycles. The molecule has 110 valence electrons. The van der Waals surface area contributed by atoms with Crippen LogP contribution in [0.3, 0.4) is 0 Å². The van der Waals surface area contributed by atoms with Crippen molar-refractivity contribution in [3.63, 3.8) is 0 Å². The number of aryl methyl sites for hydroxylation is 1. The highest BCUT2D eigenvalue weighted by Gasteiger charge is 2.19. The quantitative estimate of drug-likeness (QED) is 0.910. The second kappa shape index (κ2) is 6.37. The maximum Gasteiger partial charge on any atom is 0.257 e. The molecule has 4 nitrogen and oxygen atoms in total. The van der Waals surface area contributed by atoms with Crippen LogP contribution in [0.15, 0.2) is 29.6 Å². The van der Waals surface area contributed by atoms with Gasteiger partial charge in [-0.1, -0.05) is 19.1 Å². The lowest BCUT2D eigenvalue weighted by Crippen LogP contribution is -2.14. The molecule has 1 amide bonds. The summed E-state index contributed by atoms with van der Waals surface area (Å²) in [5.74, 6) is -0.0991. The number of aromatic nitrogens is 1. The average molecular weight is 301 g/mol. The minimum Gasteiger partial charge on any atom is -0.309 e. The molecule has 0 saturated carbocycles. The second-order valence-corrected chi connectivity index (χ2v) is 6.09. The normalized spacial score (nSPS) is 17.9. The molecule has 0 radical (unpaired) electrons. The van der Waals surface area contributed by atoms with Gasteiger partial charge in [0.15, 0.2) is 5.13 Å². The SMILES string of the molecule is CCc1ccc(C(=O)Nc2nc(C3CCCN3)cs2)cc1. The minimum absolute atomic E-state index is 0.0991. The predicted molar refractivity (Wildman–Crippen MR) is 85.9 cm³/mol. The fourth-order valence-electron chi connectivity index (χ4n) is 2.50. The highest BCUT2D eigenvalue weighted by atomic mass is 32.1. The van der Waals surface area contributed by atoms with E-state index < -0.39 is 0 Å². The van der Waals surface area contributed by atoms with Crippen LogP contribution in [-0.2, 0) is 6.42 Å². The van der Waals surface area contributed by atoms with Crippen LogP contribution < -0.4 is 10.6 Å². The Bertz CT molecular complexity index is 615. The Morgan fingerprint density at radius 1 is 1.43 bits per heavy atom. The Balaban J connectivity index is 1.66. The van der Waals surface area contributed by atoms with Crippen molar-refractivity contribution in [2.75, 3.05) is 11.9 Å². The summed E-state index contributed by atoms with van der Waals surface area (Å²) in [6, 6.07) is 8.05. The first-order chi connectivity index (χ1) is 10.3. The first-order valence-electron chi connectivity index (χ1n) is 7.35. The van der Waals surface area contributed by atoms with Crippen LogP contribution in [0, 0.1) is 0 Å². The highest BCUT2D eigenvalue weighted by Crippen LogP contribution is 2.26. The number of hydrogen-bond donors (Lipinski definition) is 2. The van der Waals surface area contributed by atoms with Gasteiger partial charge in [0, 0.05) is 10.9 Å². The first kappa shape index (κ1) is 14.2. The number of amides is 1. The Morgan fingerprint density at radius 3 is 2.90 bits per heavy atom. The summed E-state index contributed by atoms with van der Waals surface area (Å²) in [7, 11) is 0. The monoisotopic (exact) mass is 301 g/mol. The van der Waals surface area contributed by atoms with Crippen LogP contribution in [0.4, 0.5) is 5.13 Å². The smallest absolute Gasteiger partial charge is 0.257 e. The summed E-state index contributed by atoms with van der Waals surface area (Å²) < 4.78 is 0. The Kier molecular flexibility index (Phi) is 4.31. The Morgan fingerprint density at radius 2 is 2.24 bits per heavy atom. The third-order valence-electron chi connectivity index (χ3n) is 3.78. The van der Waals surface area contributed by atoms with Gasteiger partial charge in [-0.2, -0.15) is 0 Å². The summed E-state index contributed by atoms with van der Waals surface area (Å²) in [6.45, 7) is 3.15. The number of carbonyl (C=O) groups excluding carboxylic acids is 1. The third-order valence-corrected chi connectivity index (χ3v) is 4.56.